The van der Waals surface area contributed by atoms with Crippen molar-refractivity contribution in [3.63, 3.8) is 0 Å². The molecule has 0 spiro atoms. The van der Waals surface area contributed by atoms with Crippen molar-refractivity contribution >= 4 is 18.0 Å². The standard InChI is InChI=1S/C22H25NO3/c1-14-18-10-11-19(21(18)15-6-3-4-7-15)20(14)22(25)23(13-24)16-8-5-9-17(12-16)26-2/h5,8-14,18-20H,3-4,6-7H2,1-2H3/t14-,18-,19-,20-/m1/s1. The molecule has 0 heterocycles. The van der Waals surface area contributed by atoms with Crippen molar-refractivity contribution < 1.29 is 14.3 Å². The number of rotatable bonds is 4. The summed E-state index contributed by atoms with van der Waals surface area (Å²) in [5.74, 6) is 1.12. The first kappa shape index (κ1) is 17.1. The highest BCUT2D eigenvalue weighted by Crippen LogP contribution is 2.55. The van der Waals surface area contributed by atoms with E-state index in [-0.39, 0.29) is 23.7 Å². The summed E-state index contributed by atoms with van der Waals surface area (Å²) in [4.78, 5) is 26.4. The molecule has 4 atom stereocenters. The van der Waals surface area contributed by atoms with Crippen molar-refractivity contribution in [3.8, 4) is 5.75 Å². The van der Waals surface area contributed by atoms with Gasteiger partial charge in [-0.2, -0.15) is 0 Å². The van der Waals surface area contributed by atoms with Crippen LogP contribution in [0.15, 0.2) is 47.6 Å². The van der Waals surface area contributed by atoms with Crippen LogP contribution in [0, 0.1) is 23.7 Å². The summed E-state index contributed by atoms with van der Waals surface area (Å²) in [7, 11) is 1.58. The van der Waals surface area contributed by atoms with Crippen LogP contribution in [-0.4, -0.2) is 19.4 Å². The van der Waals surface area contributed by atoms with Gasteiger partial charge in [-0.15, -0.1) is 0 Å². The first-order chi connectivity index (χ1) is 12.7. The average Bonchev–Trinajstić information content (AvgIpc) is 3.37. The molecule has 4 rings (SSSR count). The van der Waals surface area contributed by atoms with Crippen LogP contribution in [0.3, 0.4) is 0 Å². The van der Waals surface area contributed by atoms with Crippen LogP contribution in [0.2, 0.25) is 0 Å². The lowest BCUT2D eigenvalue weighted by molar-refractivity contribution is -0.126. The maximum absolute atomic E-state index is 13.3. The van der Waals surface area contributed by atoms with Gasteiger partial charge in [-0.25, -0.2) is 0 Å². The molecule has 1 aromatic carbocycles. The molecule has 1 aromatic rings. The summed E-state index contributed by atoms with van der Waals surface area (Å²) in [6.07, 6.45) is 9.97. The van der Waals surface area contributed by atoms with Gasteiger partial charge >= 0.3 is 0 Å². The van der Waals surface area contributed by atoms with Crippen LogP contribution >= 0.6 is 0 Å². The van der Waals surface area contributed by atoms with Gasteiger partial charge < -0.3 is 4.74 Å². The second-order valence-electron chi connectivity index (χ2n) is 7.60. The number of nitrogens with zero attached hydrogens (tertiary/aromatic N) is 1. The summed E-state index contributed by atoms with van der Waals surface area (Å²) < 4.78 is 5.24. The van der Waals surface area contributed by atoms with Gasteiger partial charge in [-0.05, 0) is 43.7 Å². The Morgan fingerprint density at radius 1 is 1.19 bits per heavy atom. The van der Waals surface area contributed by atoms with Gasteiger partial charge in [0.25, 0.3) is 0 Å². The van der Waals surface area contributed by atoms with Gasteiger partial charge in [0.15, 0.2) is 0 Å². The normalized spacial score (nSPS) is 29.3. The number of fused-ring (bicyclic) bond motifs is 2. The molecule has 3 aliphatic carbocycles. The third-order valence-electron chi connectivity index (χ3n) is 6.34. The van der Waals surface area contributed by atoms with Gasteiger partial charge in [0.05, 0.1) is 18.7 Å². The Morgan fingerprint density at radius 3 is 2.62 bits per heavy atom. The molecule has 2 amide bonds. The van der Waals surface area contributed by atoms with Gasteiger partial charge in [0.1, 0.15) is 5.75 Å². The summed E-state index contributed by atoms with van der Waals surface area (Å²) in [6.45, 7) is 2.15. The highest BCUT2D eigenvalue weighted by Gasteiger charge is 2.51. The minimum absolute atomic E-state index is 0.103. The molecule has 2 saturated carbocycles. The van der Waals surface area contributed by atoms with Crippen LogP contribution in [0.25, 0.3) is 0 Å². The van der Waals surface area contributed by atoms with Crippen molar-refractivity contribution in [2.45, 2.75) is 32.6 Å². The zero-order valence-corrected chi connectivity index (χ0v) is 15.4. The molecular weight excluding hydrogens is 326 g/mol. The predicted octanol–water partition coefficient (Wildman–Crippen LogP) is 4.12. The number of carbonyl (C=O) groups excluding carboxylic acids is 2. The van der Waals surface area contributed by atoms with Crippen LogP contribution in [0.4, 0.5) is 5.69 Å². The fraction of sp³-hybridized carbons (Fsp3) is 0.455. The number of amides is 2. The molecule has 136 valence electrons. The van der Waals surface area contributed by atoms with E-state index < -0.39 is 0 Å². The van der Waals surface area contributed by atoms with Gasteiger partial charge in [0, 0.05) is 17.9 Å². The van der Waals surface area contributed by atoms with Crippen LogP contribution in [0.1, 0.15) is 32.6 Å². The highest BCUT2D eigenvalue weighted by molar-refractivity contribution is 6.08. The minimum Gasteiger partial charge on any atom is -0.497 e. The van der Waals surface area contributed by atoms with E-state index in [4.69, 9.17) is 4.74 Å². The molecule has 3 aliphatic rings. The lowest BCUT2D eigenvalue weighted by Crippen LogP contribution is -2.39. The van der Waals surface area contributed by atoms with E-state index in [1.54, 1.807) is 30.9 Å². The predicted molar refractivity (Wildman–Crippen MR) is 101 cm³/mol. The Labute approximate surface area is 154 Å². The number of hydrogen-bond donors (Lipinski definition) is 0. The highest BCUT2D eigenvalue weighted by atomic mass is 16.5. The number of imide groups is 1. The molecular formula is C22H25NO3. The largest absolute Gasteiger partial charge is 0.497 e. The molecule has 2 bridgehead atoms. The minimum atomic E-state index is -0.162. The maximum atomic E-state index is 13.3. The van der Waals surface area contributed by atoms with E-state index in [1.165, 1.54) is 36.2 Å². The number of allylic oxidation sites excluding steroid dienone is 4. The summed E-state index contributed by atoms with van der Waals surface area (Å²) in [5, 5.41) is 0. The lowest BCUT2D eigenvalue weighted by atomic mass is 9.83. The topological polar surface area (TPSA) is 46.6 Å². The van der Waals surface area contributed by atoms with Gasteiger partial charge in [0.2, 0.25) is 12.3 Å². The van der Waals surface area contributed by atoms with E-state index in [0.29, 0.717) is 23.8 Å². The van der Waals surface area contributed by atoms with E-state index in [2.05, 4.69) is 19.1 Å². The first-order valence-corrected chi connectivity index (χ1v) is 9.48. The fourth-order valence-electron chi connectivity index (χ4n) is 5.09. The second-order valence-corrected chi connectivity index (χ2v) is 7.60. The van der Waals surface area contributed by atoms with E-state index in [1.807, 2.05) is 6.07 Å². The molecule has 2 fully saturated rings. The molecule has 26 heavy (non-hydrogen) atoms. The number of benzene rings is 1. The van der Waals surface area contributed by atoms with E-state index >= 15 is 0 Å². The summed E-state index contributed by atoms with van der Waals surface area (Å²) >= 11 is 0. The third kappa shape index (κ3) is 2.59. The van der Waals surface area contributed by atoms with Gasteiger partial charge in [-0.1, -0.05) is 36.3 Å². The van der Waals surface area contributed by atoms with Crippen LogP contribution in [-0.2, 0) is 9.59 Å². The molecule has 0 aliphatic heterocycles. The molecule has 0 saturated heterocycles. The Morgan fingerprint density at radius 2 is 1.92 bits per heavy atom. The fourth-order valence-corrected chi connectivity index (χ4v) is 5.09. The SMILES string of the molecule is COc1cccc(N(C=O)C(=O)[C@@H]2[C@H](C)[C@H]3C=C[C@H]2C3=C2CCCC2)c1. The monoisotopic (exact) mass is 351 g/mol. The maximum Gasteiger partial charge on any atom is 0.237 e. The van der Waals surface area contributed by atoms with E-state index in [9.17, 15) is 9.59 Å². The number of carbonyl (C=O) groups is 2. The summed E-state index contributed by atoms with van der Waals surface area (Å²) in [5.41, 5.74) is 3.61. The number of ether oxygens (including phenoxy) is 1. The van der Waals surface area contributed by atoms with Crippen molar-refractivity contribution in [2.24, 2.45) is 23.7 Å². The molecule has 4 nitrogen and oxygen atoms in total. The zero-order valence-electron chi connectivity index (χ0n) is 15.4. The van der Waals surface area contributed by atoms with Crippen molar-refractivity contribution in [1.82, 2.24) is 0 Å². The number of anilines is 1. The van der Waals surface area contributed by atoms with Crippen molar-refractivity contribution in [3.05, 3.63) is 47.6 Å². The molecule has 0 unspecified atom stereocenters. The third-order valence-corrected chi connectivity index (χ3v) is 6.34. The van der Waals surface area contributed by atoms with Crippen molar-refractivity contribution in [2.75, 3.05) is 12.0 Å². The number of hydrogen-bond acceptors (Lipinski definition) is 3. The molecule has 4 heteroatoms. The van der Waals surface area contributed by atoms with E-state index in [0.717, 1.165) is 0 Å². The Balaban J connectivity index is 1.66. The molecule has 0 N–H and O–H groups in total. The smallest absolute Gasteiger partial charge is 0.237 e. The Kier molecular flexibility index (Phi) is 4.43. The van der Waals surface area contributed by atoms with Crippen LogP contribution < -0.4 is 9.64 Å². The Hall–Kier alpha value is -2.36. The quantitative estimate of drug-likeness (QED) is 0.605. The Bertz CT molecular complexity index is 786. The zero-order chi connectivity index (χ0) is 18.3. The lowest BCUT2D eigenvalue weighted by Gasteiger charge is -2.27. The average molecular weight is 351 g/mol. The van der Waals surface area contributed by atoms with Crippen LogP contribution in [0.5, 0.6) is 5.75 Å². The van der Waals surface area contributed by atoms with Crippen molar-refractivity contribution in [1.29, 1.82) is 0 Å². The molecule has 0 radical (unpaired) electrons. The van der Waals surface area contributed by atoms with Gasteiger partial charge in [-0.3, -0.25) is 14.5 Å². The second kappa shape index (κ2) is 6.75. The number of methoxy groups -OCH3 is 1. The summed E-state index contributed by atoms with van der Waals surface area (Å²) in [6, 6.07) is 7.12. The first-order valence-electron chi connectivity index (χ1n) is 9.48. The molecule has 0 aromatic heterocycles.